The quantitative estimate of drug-likeness (QED) is 0.750. The predicted octanol–water partition coefficient (Wildman–Crippen LogP) is 4.50. The van der Waals surface area contributed by atoms with E-state index in [-0.39, 0.29) is 0 Å². The summed E-state index contributed by atoms with van der Waals surface area (Å²) in [7, 11) is 0. The van der Waals surface area contributed by atoms with Gasteiger partial charge < -0.3 is 0 Å². The molecule has 0 aliphatic carbocycles. The van der Waals surface area contributed by atoms with E-state index >= 15 is 0 Å². The van der Waals surface area contributed by atoms with Gasteiger partial charge in [0.2, 0.25) is 0 Å². The Hall–Kier alpha value is -1.61. The van der Waals surface area contributed by atoms with Gasteiger partial charge in [-0.25, -0.2) is 5.53 Å². The Bertz CT molecular complexity index is 437. The van der Waals surface area contributed by atoms with Crippen molar-refractivity contribution >= 4 is 17.4 Å². The van der Waals surface area contributed by atoms with Gasteiger partial charge in [-0.2, -0.15) is 5.11 Å². The highest BCUT2D eigenvalue weighted by Crippen LogP contribution is 2.28. The molecule has 0 saturated heterocycles. The van der Waals surface area contributed by atoms with Gasteiger partial charge in [-0.3, -0.25) is 0 Å². The van der Waals surface area contributed by atoms with E-state index in [1.165, 1.54) is 4.90 Å². The molecule has 0 aromatic heterocycles. The molecule has 1 N–H and O–H groups in total. The summed E-state index contributed by atoms with van der Waals surface area (Å²) in [6, 6.07) is 17.9. The average Bonchev–Trinajstić information content (AvgIpc) is 2.31. The van der Waals surface area contributed by atoms with Crippen LogP contribution in [-0.4, -0.2) is 0 Å². The zero-order valence-electron chi connectivity index (χ0n) is 8.05. The molecule has 2 aromatic carbocycles. The minimum atomic E-state index is 0.687. The van der Waals surface area contributed by atoms with E-state index in [0.717, 1.165) is 4.90 Å². The molecule has 15 heavy (non-hydrogen) atoms. The fraction of sp³-hybridized carbons (Fsp3) is 0. The first-order valence-electron chi connectivity index (χ1n) is 4.59. The molecule has 0 atom stereocenters. The second kappa shape index (κ2) is 4.75. The summed E-state index contributed by atoms with van der Waals surface area (Å²) >= 11 is 1.70. The maximum Gasteiger partial charge on any atom is 0.0850 e. The standard InChI is InChI=1S/C12H10N2S/c13-14-10-6-8-12(9-7-10)15-11-4-2-1-3-5-11/h1-9,13H. The molecule has 3 heteroatoms. The van der Waals surface area contributed by atoms with Gasteiger partial charge in [0.05, 0.1) is 5.69 Å². The largest absolute Gasteiger partial charge is 0.204 e. The van der Waals surface area contributed by atoms with Gasteiger partial charge in [-0.15, -0.1) is 0 Å². The van der Waals surface area contributed by atoms with Crippen LogP contribution in [0.3, 0.4) is 0 Å². The fourth-order valence-corrected chi connectivity index (χ4v) is 2.05. The predicted molar refractivity (Wildman–Crippen MR) is 61.8 cm³/mol. The summed E-state index contributed by atoms with van der Waals surface area (Å²) in [6.07, 6.45) is 0. The highest BCUT2D eigenvalue weighted by atomic mass is 32.2. The Kier molecular flexibility index (Phi) is 3.15. The van der Waals surface area contributed by atoms with Gasteiger partial charge in [-0.05, 0) is 36.4 Å². The van der Waals surface area contributed by atoms with Crippen molar-refractivity contribution in [2.75, 3.05) is 0 Å². The summed E-state index contributed by atoms with van der Waals surface area (Å²) in [5.74, 6) is 0. The molecule has 0 fully saturated rings. The van der Waals surface area contributed by atoms with E-state index in [4.69, 9.17) is 5.53 Å². The smallest absolute Gasteiger partial charge is 0.0850 e. The van der Waals surface area contributed by atoms with Gasteiger partial charge in [0, 0.05) is 9.79 Å². The topological polar surface area (TPSA) is 36.2 Å². The van der Waals surface area contributed by atoms with Crippen molar-refractivity contribution in [1.29, 1.82) is 5.53 Å². The minimum absolute atomic E-state index is 0.687. The lowest BCUT2D eigenvalue weighted by molar-refractivity contribution is 1.14. The molecule has 2 nitrogen and oxygen atoms in total. The van der Waals surface area contributed by atoms with Gasteiger partial charge in [-0.1, -0.05) is 30.0 Å². The van der Waals surface area contributed by atoms with Crippen molar-refractivity contribution in [2.24, 2.45) is 5.11 Å². The van der Waals surface area contributed by atoms with E-state index in [0.29, 0.717) is 5.69 Å². The molecule has 74 valence electrons. The molecule has 0 aliphatic rings. The Morgan fingerprint density at radius 1 is 0.800 bits per heavy atom. The molecule has 0 radical (unpaired) electrons. The lowest BCUT2D eigenvalue weighted by Gasteiger charge is -2.00. The van der Waals surface area contributed by atoms with Crippen molar-refractivity contribution in [3.8, 4) is 0 Å². The monoisotopic (exact) mass is 214 g/mol. The maximum atomic E-state index is 6.85. The SMILES string of the molecule is N=Nc1ccc(Sc2ccccc2)cc1. The fourth-order valence-electron chi connectivity index (χ4n) is 1.21. The van der Waals surface area contributed by atoms with Crippen molar-refractivity contribution in [3.05, 3.63) is 54.6 Å². The van der Waals surface area contributed by atoms with Crippen molar-refractivity contribution < 1.29 is 0 Å². The van der Waals surface area contributed by atoms with E-state index in [9.17, 15) is 0 Å². The third kappa shape index (κ3) is 2.67. The minimum Gasteiger partial charge on any atom is -0.204 e. The van der Waals surface area contributed by atoms with Crippen LogP contribution < -0.4 is 0 Å². The van der Waals surface area contributed by atoms with Gasteiger partial charge >= 0.3 is 0 Å². The second-order valence-electron chi connectivity index (χ2n) is 3.02. The van der Waals surface area contributed by atoms with E-state index in [1.807, 2.05) is 42.5 Å². The van der Waals surface area contributed by atoms with Gasteiger partial charge in [0.15, 0.2) is 0 Å². The molecule has 2 rings (SSSR count). The summed E-state index contributed by atoms with van der Waals surface area (Å²) in [5.41, 5.74) is 7.54. The molecule has 0 heterocycles. The molecule has 0 aliphatic heterocycles. The second-order valence-corrected chi connectivity index (χ2v) is 4.17. The summed E-state index contributed by atoms with van der Waals surface area (Å²) < 4.78 is 0. The number of nitrogens with zero attached hydrogens (tertiary/aromatic N) is 1. The van der Waals surface area contributed by atoms with Gasteiger partial charge in [0.25, 0.3) is 0 Å². The lowest BCUT2D eigenvalue weighted by Crippen LogP contribution is -1.71. The van der Waals surface area contributed by atoms with Crippen LogP contribution in [0, 0.1) is 5.53 Å². The lowest BCUT2D eigenvalue weighted by atomic mass is 10.3. The molecular weight excluding hydrogens is 204 g/mol. The first-order valence-corrected chi connectivity index (χ1v) is 5.40. The van der Waals surface area contributed by atoms with Crippen LogP contribution in [0.2, 0.25) is 0 Å². The van der Waals surface area contributed by atoms with Crippen molar-refractivity contribution in [3.63, 3.8) is 0 Å². The van der Waals surface area contributed by atoms with E-state index in [1.54, 1.807) is 11.8 Å². The molecule has 0 bridgehead atoms. The van der Waals surface area contributed by atoms with Crippen LogP contribution in [0.5, 0.6) is 0 Å². The first-order chi connectivity index (χ1) is 7.38. The molecule has 0 amide bonds. The molecule has 0 unspecified atom stereocenters. The Morgan fingerprint density at radius 3 is 2.00 bits per heavy atom. The zero-order valence-corrected chi connectivity index (χ0v) is 8.87. The van der Waals surface area contributed by atoms with E-state index in [2.05, 4.69) is 17.2 Å². The number of rotatable bonds is 3. The Balaban J connectivity index is 2.15. The normalized spacial score (nSPS) is 9.87. The van der Waals surface area contributed by atoms with Crippen LogP contribution in [0.15, 0.2) is 69.5 Å². The van der Waals surface area contributed by atoms with Crippen molar-refractivity contribution in [1.82, 2.24) is 0 Å². The van der Waals surface area contributed by atoms with E-state index < -0.39 is 0 Å². The van der Waals surface area contributed by atoms with Crippen LogP contribution >= 0.6 is 11.8 Å². The molecule has 0 saturated carbocycles. The van der Waals surface area contributed by atoms with Crippen LogP contribution in [0.1, 0.15) is 0 Å². The highest BCUT2D eigenvalue weighted by Gasteiger charge is 1.96. The highest BCUT2D eigenvalue weighted by molar-refractivity contribution is 7.99. The Morgan fingerprint density at radius 2 is 1.40 bits per heavy atom. The zero-order chi connectivity index (χ0) is 10.5. The summed E-state index contributed by atoms with van der Waals surface area (Å²) in [6.45, 7) is 0. The maximum absolute atomic E-state index is 6.85. The van der Waals surface area contributed by atoms with Crippen LogP contribution in [0.4, 0.5) is 5.69 Å². The number of nitrogens with one attached hydrogen (secondary N) is 1. The van der Waals surface area contributed by atoms with Crippen LogP contribution in [0.25, 0.3) is 0 Å². The van der Waals surface area contributed by atoms with Gasteiger partial charge in [0.1, 0.15) is 0 Å². The number of benzene rings is 2. The summed E-state index contributed by atoms with van der Waals surface area (Å²) in [5, 5.41) is 3.36. The average molecular weight is 214 g/mol. The number of hydrogen-bond acceptors (Lipinski definition) is 3. The third-order valence-corrected chi connectivity index (χ3v) is 2.96. The molecular formula is C12H10N2S. The van der Waals surface area contributed by atoms with Crippen LogP contribution in [-0.2, 0) is 0 Å². The Labute approximate surface area is 92.8 Å². The molecule has 0 spiro atoms. The van der Waals surface area contributed by atoms with Crippen molar-refractivity contribution in [2.45, 2.75) is 9.79 Å². The summed E-state index contributed by atoms with van der Waals surface area (Å²) in [4.78, 5) is 2.38. The third-order valence-electron chi connectivity index (χ3n) is 1.94. The number of hydrogen-bond donors (Lipinski definition) is 1. The first kappa shape index (κ1) is 9.93. The molecule has 2 aromatic rings.